The first kappa shape index (κ1) is 15.8. The molecule has 1 saturated carbocycles. The second-order valence-corrected chi connectivity index (χ2v) is 7.43. The van der Waals surface area contributed by atoms with Crippen molar-refractivity contribution in [2.24, 2.45) is 5.73 Å². The average Bonchev–Trinajstić information content (AvgIpc) is 3.14. The third-order valence-electron chi connectivity index (χ3n) is 6.05. The van der Waals surface area contributed by atoms with Crippen LogP contribution >= 0.6 is 0 Å². The molecule has 0 radical (unpaired) electrons. The van der Waals surface area contributed by atoms with Crippen molar-refractivity contribution < 1.29 is 19.4 Å². The lowest BCUT2D eigenvalue weighted by molar-refractivity contribution is -0.887. The number of rotatable bonds is 6. The molecule has 4 rings (SSSR count). The third-order valence-corrected chi connectivity index (χ3v) is 6.05. The smallest absolute Gasteiger partial charge is 0.256 e. The molecule has 5 heteroatoms. The van der Waals surface area contributed by atoms with Crippen molar-refractivity contribution in [1.82, 2.24) is 0 Å². The summed E-state index contributed by atoms with van der Waals surface area (Å²) in [4.78, 5) is 5.09. The van der Waals surface area contributed by atoms with Gasteiger partial charge in [0.25, 0.3) is 5.84 Å². The molecule has 1 aromatic carbocycles. The minimum atomic E-state index is 0.0280. The van der Waals surface area contributed by atoms with Gasteiger partial charge in [0, 0.05) is 30.9 Å². The average molecular weight is 331 g/mol. The summed E-state index contributed by atoms with van der Waals surface area (Å²) >= 11 is 0. The van der Waals surface area contributed by atoms with E-state index in [0.717, 1.165) is 48.9 Å². The molecule has 1 aromatic rings. The molecule has 130 valence electrons. The van der Waals surface area contributed by atoms with Crippen LogP contribution in [0.15, 0.2) is 12.1 Å². The molecule has 1 aliphatic carbocycles. The fraction of sp³-hybridized carbons (Fsp3) is 0.632. The number of methoxy groups -OCH3 is 1. The minimum Gasteiger partial charge on any atom is -0.493 e. The quantitative estimate of drug-likeness (QED) is 0.624. The van der Waals surface area contributed by atoms with Gasteiger partial charge in [-0.1, -0.05) is 6.42 Å². The Morgan fingerprint density at radius 2 is 1.96 bits per heavy atom. The molecule has 0 unspecified atom stereocenters. The van der Waals surface area contributed by atoms with Gasteiger partial charge in [0.15, 0.2) is 11.5 Å². The Labute approximate surface area is 143 Å². The molecular formula is C19H29N3O2+2. The molecule has 0 atom stereocenters. The largest absolute Gasteiger partial charge is 0.493 e. The number of nitrogens with two attached hydrogens (primary N) is 1. The summed E-state index contributed by atoms with van der Waals surface area (Å²) in [5.41, 5.74) is 8.67. The predicted octanol–water partition coefficient (Wildman–Crippen LogP) is -0.353. The van der Waals surface area contributed by atoms with Crippen LogP contribution in [0.25, 0.3) is 0 Å². The van der Waals surface area contributed by atoms with Crippen LogP contribution < -0.4 is 25.1 Å². The summed E-state index contributed by atoms with van der Waals surface area (Å²) in [6.07, 6.45) is 7.32. The number of hydrogen-bond donors (Lipinski definition) is 3. The van der Waals surface area contributed by atoms with E-state index >= 15 is 0 Å². The Bertz CT molecular complexity index is 646. The van der Waals surface area contributed by atoms with Gasteiger partial charge in [-0.15, -0.1) is 0 Å². The van der Waals surface area contributed by atoms with Crippen LogP contribution in [0.5, 0.6) is 11.5 Å². The highest BCUT2D eigenvalue weighted by molar-refractivity contribution is 5.93. The van der Waals surface area contributed by atoms with Gasteiger partial charge in [0.05, 0.1) is 38.8 Å². The van der Waals surface area contributed by atoms with Crippen molar-refractivity contribution in [2.75, 3.05) is 33.4 Å². The lowest BCUT2D eigenvalue weighted by Crippen LogP contribution is -3.10. The lowest BCUT2D eigenvalue weighted by Gasteiger charge is -2.35. The zero-order chi connectivity index (χ0) is 16.6. The number of fused-ring (bicyclic) bond motifs is 2. The van der Waals surface area contributed by atoms with Crippen molar-refractivity contribution in [3.05, 3.63) is 17.7 Å². The van der Waals surface area contributed by atoms with E-state index in [9.17, 15) is 0 Å². The van der Waals surface area contributed by atoms with E-state index < -0.39 is 0 Å². The molecule has 2 fully saturated rings. The molecule has 2 aliphatic heterocycles. The van der Waals surface area contributed by atoms with E-state index in [-0.39, 0.29) is 5.41 Å². The molecule has 1 saturated heterocycles. The fourth-order valence-corrected chi connectivity index (χ4v) is 4.44. The van der Waals surface area contributed by atoms with Gasteiger partial charge in [0.1, 0.15) is 5.69 Å². The van der Waals surface area contributed by atoms with Gasteiger partial charge in [0.2, 0.25) is 0 Å². The highest BCUT2D eigenvalue weighted by Gasteiger charge is 2.51. The molecule has 2 heterocycles. The Hall–Kier alpha value is -1.75. The second kappa shape index (κ2) is 6.28. The summed E-state index contributed by atoms with van der Waals surface area (Å²) < 4.78 is 11.6. The summed E-state index contributed by atoms with van der Waals surface area (Å²) in [6, 6.07) is 4.19. The molecule has 1 spiro atoms. The third kappa shape index (κ3) is 2.55. The fourth-order valence-electron chi connectivity index (χ4n) is 4.44. The van der Waals surface area contributed by atoms with E-state index in [4.69, 9.17) is 15.2 Å². The SMILES string of the molecule is COc1cc2c(cc1OCCC[NH+]1CCCC1)[NH+]=C(N)C21CCC1. The van der Waals surface area contributed by atoms with Gasteiger partial charge < -0.3 is 14.4 Å². The van der Waals surface area contributed by atoms with Crippen molar-refractivity contribution in [2.45, 2.75) is 43.9 Å². The zero-order valence-electron chi connectivity index (χ0n) is 14.6. The minimum absolute atomic E-state index is 0.0280. The molecular weight excluding hydrogens is 302 g/mol. The Balaban J connectivity index is 1.44. The number of likely N-dealkylation sites (tertiary alicyclic amines) is 1. The van der Waals surface area contributed by atoms with Crippen LogP contribution in [0.1, 0.15) is 44.1 Å². The first-order valence-corrected chi connectivity index (χ1v) is 9.32. The molecule has 0 bridgehead atoms. The van der Waals surface area contributed by atoms with Crippen LogP contribution in [-0.2, 0) is 5.41 Å². The normalized spacial score (nSPS) is 21.5. The number of ether oxygens (including phenoxy) is 2. The Morgan fingerprint density at radius 3 is 2.62 bits per heavy atom. The highest BCUT2D eigenvalue weighted by atomic mass is 16.5. The van der Waals surface area contributed by atoms with Crippen LogP contribution in [-0.4, -0.2) is 39.2 Å². The van der Waals surface area contributed by atoms with E-state index in [1.165, 1.54) is 44.5 Å². The second-order valence-electron chi connectivity index (χ2n) is 7.43. The zero-order valence-corrected chi connectivity index (χ0v) is 14.6. The van der Waals surface area contributed by atoms with Gasteiger partial charge in [-0.25, -0.2) is 4.99 Å². The number of amidine groups is 1. The summed E-state index contributed by atoms with van der Waals surface area (Å²) in [5.74, 6) is 2.54. The van der Waals surface area contributed by atoms with Crippen molar-refractivity contribution >= 4 is 11.5 Å². The summed E-state index contributed by atoms with van der Waals surface area (Å²) in [6.45, 7) is 4.59. The maximum absolute atomic E-state index is 6.28. The molecule has 0 amide bonds. The van der Waals surface area contributed by atoms with Gasteiger partial charge >= 0.3 is 0 Å². The number of quaternary nitrogens is 1. The number of benzene rings is 1. The highest BCUT2D eigenvalue weighted by Crippen LogP contribution is 2.49. The molecule has 3 aliphatic rings. The number of nitrogens with one attached hydrogen (secondary N) is 2. The van der Waals surface area contributed by atoms with Gasteiger partial charge in [-0.3, -0.25) is 5.73 Å². The topological polar surface area (TPSA) is 62.9 Å². The van der Waals surface area contributed by atoms with Crippen LogP contribution in [0.3, 0.4) is 0 Å². The lowest BCUT2D eigenvalue weighted by atomic mass is 9.64. The number of hydrogen-bond acceptors (Lipinski definition) is 3. The molecule has 0 aromatic heterocycles. The van der Waals surface area contributed by atoms with E-state index in [0.29, 0.717) is 0 Å². The van der Waals surface area contributed by atoms with Gasteiger partial charge in [-0.05, 0) is 18.9 Å². The van der Waals surface area contributed by atoms with Gasteiger partial charge in [-0.2, -0.15) is 0 Å². The molecule has 4 N–H and O–H groups in total. The first-order valence-electron chi connectivity index (χ1n) is 9.32. The van der Waals surface area contributed by atoms with Crippen molar-refractivity contribution in [1.29, 1.82) is 0 Å². The van der Waals surface area contributed by atoms with Crippen molar-refractivity contribution in [3.8, 4) is 11.5 Å². The van der Waals surface area contributed by atoms with E-state index in [2.05, 4.69) is 17.1 Å². The van der Waals surface area contributed by atoms with Crippen LogP contribution in [0.2, 0.25) is 0 Å². The predicted molar refractivity (Wildman–Crippen MR) is 93.2 cm³/mol. The van der Waals surface area contributed by atoms with Crippen LogP contribution in [0.4, 0.5) is 5.69 Å². The Morgan fingerprint density at radius 1 is 1.17 bits per heavy atom. The first-order chi connectivity index (χ1) is 11.7. The maximum Gasteiger partial charge on any atom is 0.256 e. The molecule has 5 nitrogen and oxygen atoms in total. The summed E-state index contributed by atoms with van der Waals surface area (Å²) in [5, 5.41) is 0. The van der Waals surface area contributed by atoms with E-state index in [1.807, 2.05) is 0 Å². The Kier molecular flexibility index (Phi) is 4.12. The standard InChI is InChI=1S/C19H27N3O2/c1-23-16-12-14-15(21-18(20)19(14)6-4-7-19)13-17(16)24-11-5-10-22-8-2-3-9-22/h12-13H,2-11H2,1H3,(H2,20,21)/p+2. The van der Waals surface area contributed by atoms with Crippen LogP contribution in [0, 0.1) is 0 Å². The maximum atomic E-state index is 6.28. The molecule has 24 heavy (non-hydrogen) atoms. The summed E-state index contributed by atoms with van der Waals surface area (Å²) in [7, 11) is 1.71. The van der Waals surface area contributed by atoms with E-state index in [1.54, 1.807) is 12.0 Å². The monoisotopic (exact) mass is 331 g/mol. The van der Waals surface area contributed by atoms with Crippen molar-refractivity contribution in [3.63, 3.8) is 0 Å².